The average Bonchev–Trinajstić information content (AvgIpc) is 2.48. The van der Waals surface area contributed by atoms with Gasteiger partial charge < -0.3 is 15.3 Å². The van der Waals surface area contributed by atoms with Crippen LogP contribution in [0.2, 0.25) is 0 Å². The van der Waals surface area contributed by atoms with Crippen LogP contribution in [0.15, 0.2) is 0 Å². The molecule has 1 unspecified atom stereocenters. The molecule has 2 amide bonds. The summed E-state index contributed by atoms with van der Waals surface area (Å²) in [5.74, 6) is -0.817. The van der Waals surface area contributed by atoms with Crippen molar-refractivity contribution in [2.75, 3.05) is 13.1 Å². The van der Waals surface area contributed by atoms with Gasteiger partial charge in [0, 0.05) is 25.6 Å². The number of rotatable bonds is 4. The van der Waals surface area contributed by atoms with Gasteiger partial charge in [0.2, 0.25) is 0 Å². The number of likely N-dealkylation sites (tertiary alicyclic amines) is 1. The van der Waals surface area contributed by atoms with Crippen molar-refractivity contribution in [1.82, 2.24) is 10.2 Å². The number of urea groups is 1. The summed E-state index contributed by atoms with van der Waals surface area (Å²) < 4.78 is 0. The van der Waals surface area contributed by atoms with Gasteiger partial charge in [-0.2, -0.15) is 0 Å². The smallest absolute Gasteiger partial charge is 0.317 e. The fourth-order valence-electron chi connectivity index (χ4n) is 2.11. The molecule has 1 rings (SSSR count). The number of nitrogens with one attached hydrogen (secondary N) is 1. The second-order valence-electron chi connectivity index (χ2n) is 4.62. The maximum atomic E-state index is 11.9. The van der Waals surface area contributed by atoms with Crippen molar-refractivity contribution in [3.63, 3.8) is 0 Å². The molecule has 0 aliphatic carbocycles. The van der Waals surface area contributed by atoms with E-state index in [-0.39, 0.29) is 18.5 Å². The summed E-state index contributed by atoms with van der Waals surface area (Å²) in [6.07, 6.45) is 5.09. The first-order chi connectivity index (χ1) is 8.11. The molecule has 2 N–H and O–H groups in total. The van der Waals surface area contributed by atoms with Gasteiger partial charge in [-0.15, -0.1) is 0 Å². The van der Waals surface area contributed by atoms with Crippen molar-refractivity contribution in [3.05, 3.63) is 0 Å². The Morgan fingerprint density at radius 3 is 2.82 bits per heavy atom. The van der Waals surface area contributed by atoms with Crippen molar-refractivity contribution in [2.45, 2.75) is 51.5 Å². The first-order valence-electron chi connectivity index (χ1n) is 6.37. The lowest BCUT2D eigenvalue weighted by Gasteiger charge is -2.27. The van der Waals surface area contributed by atoms with E-state index in [1.165, 1.54) is 12.8 Å². The summed E-state index contributed by atoms with van der Waals surface area (Å²) in [6.45, 7) is 3.32. The van der Waals surface area contributed by atoms with Crippen molar-refractivity contribution >= 4 is 12.0 Å². The zero-order valence-electron chi connectivity index (χ0n) is 10.4. The van der Waals surface area contributed by atoms with Crippen LogP contribution in [0, 0.1) is 0 Å². The Balaban J connectivity index is 2.27. The molecule has 1 fully saturated rings. The van der Waals surface area contributed by atoms with E-state index in [2.05, 4.69) is 12.2 Å². The van der Waals surface area contributed by atoms with E-state index < -0.39 is 5.97 Å². The second-order valence-corrected chi connectivity index (χ2v) is 4.62. The van der Waals surface area contributed by atoms with E-state index in [1.54, 1.807) is 0 Å². The van der Waals surface area contributed by atoms with Crippen molar-refractivity contribution in [2.24, 2.45) is 0 Å². The maximum absolute atomic E-state index is 11.9. The number of hydrogen-bond donors (Lipinski definition) is 2. The fraction of sp³-hybridized carbons (Fsp3) is 0.833. The van der Waals surface area contributed by atoms with Crippen LogP contribution in [-0.2, 0) is 4.79 Å². The number of carbonyl (C=O) groups is 2. The number of amides is 2. The SMILES string of the molecule is CC1CCCCCN1C(=O)NCCCC(=O)O. The molecule has 1 atom stereocenters. The van der Waals surface area contributed by atoms with Crippen LogP contribution in [0.5, 0.6) is 0 Å². The van der Waals surface area contributed by atoms with Crippen LogP contribution >= 0.6 is 0 Å². The van der Waals surface area contributed by atoms with Crippen LogP contribution in [0.4, 0.5) is 4.79 Å². The Bertz CT molecular complexity index is 268. The first kappa shape index (κ1) is 13.8. The highest BCUT2D eigenvalue weighted by Crippen LogP contribution is 2.16. The summed E-state index contributed by atoms with van der Waals surface area (Å²) in [5.41, 5.74) is 0. The maximum Gasteiger partial charge on any atom is 0.317 e. The van der Waals surface area contributed by atoms with Crippen molar-refractivity contribution in [1.29, 1.82) is 0 Å². The van der Waals surface area contributed by atoms with Crippen LogP contribution in [-0.4, -0.2) is 41.1 Å². The lowest BCUT2D eigenvalue weighted by molar-refractivity contribution is -0.137. The third kappa shape index (κ3) is 5.06. The Morgan fingerprint density at radius 2 is 2.12 bits per heavy atom. The molecule has 5 nitrogen and oxygen atoms in total. The number of aliphatic carboxylic acids is 1. The fourth-order valence-corrected chi connectivity index (χ4v) is 2.11. The van der Waals surface area contributed by atoms with Gasteiger partial charge >= 0.3 is 12.0 Å². The van der Waals surface area contributed by atoms with Gasteiger partial charge in [-0.1, -0.05) is 12.8 Å². The summed E-state index contributed by atoms with van der Waals surface area (Å²) in [5, 5.41) is 11.3. The molecule has 98 valence electrons. The highest BCUT2D eigenvalue weighted by Gasteiger charge is 2.21. The van der Waals surface area contributed by atoms with Crippen LogP contribution in [0.25, 0.3) is 0 Å². The van der Waals surface area contributed by atoms with E-state index in [9.17, 15) is 9.59 Å². The zero-order valence-corrected chi connectivity index (χ0v) is 10.4. The van der Waals surface area contributed by atoms with Crippen LogP contribution in [0.3, 0.4) is 0 Å². The third-order valence-electron chi connectivity index (χ3n) is 3.16. The predicted molar refractivity (Wildman–Crippen MR) is 64.9 cm³/mol. The highest BCUT2D eigenvalue weighted by molar-refractivity contribution is 5.74. The Labute approximate surface area is 102 Å². The van der Waals surface area contributed by atoms with Crippen LogP contribution < -0.4 is 5.32 Å². The molecule has 1 aliphatic heterocycles. The topological polar surface area (TPSA) is 69.6 Å². The van der Waals surface area contributed by atoms with E-state index in [0.29, 0.717) is 13.0 Å². The number of carboxylic acids is 1. The van der Waals surface area contributed by atoms with E-state index in [4.69, 9.17) is 5.11 Å². The quantitative estimate of drug-likeness (QED) is 0.739. The lowest BCUT2D eigenvalue weighted by atomic mass is 10.1. The van der Waals surface area contributed by atoms with E-state index in [1.807, 2.05) is 4.90 Å². The summed E-state index contributed by atoms with van der Waals surface area (Å²) in [7, 11) is 0. The molecule has 17 heavy (non-hydrogen) atoms. The van der Waals surface area contributed by atoms with Gasteiger partial charge in [-0.05, 0) is 26.2 Å². The van der Waals surface area contributed by atoms with E-state index >= 15 is 0 Å². The van der Waals surface area contributed by atoms with Crippen molar-refractivity contribution in [3.8, 4) is 0 Å². The Hall–Kier alpha value is -1.26. The summed E-state index contributed by atoms with van der Waals surface area (Å²) in [6, 6.07) is 0.238. The predicted octanol–water partition coefficient (Wildman–Crippen LogP) is 1.83. The lowest BCUT2D eigenvalue weighted by Crippen LogP contribution is -2.45. The molecule has 0 aromatic rings. The molecule has 0 aromatic heterocycles. The largest absolute Gasteiger partial charge is 0.481 e. The highest BCUT2D eigenvalue weighted by atomic mass is 16.4. The van der Waals surface area contributed by atoms with Gasteiger partial charge in [-0.25, -0.2) is 4.79 Å². The Kier molecular flexibility index (Phi) is 5.80. The molecule has 1 heterocycles. The number of carbonyl (C=O) groups excluding carboxylic acids is 1. The second kappa shape index (κ2) is 7.14. The molecule has 0 aromatic carbocycles. The number of nitrogens with zero attached hydrogens (tertiary/aromatic N) is 1. The minimum Gasteiger partial charge on any atom is -0.481 e. The normalized spacial score (nSPS) is 20.8. The van der Waals surface area contributed by atoms with Gasteiger partial charge in [0.15, 0.2) is 0 Å². The number of hydrogen-bond acceptors (Lipinski definition) is 2. The van der Waals surface area contributed by atoms with E-state index in [0.717, 1.165) is 19.4 Å². The molecular formula is C12H22N2O3. The monoisotopic (exact) mass is 242 g/mol. The number of carboxylic acid groups (broad SMARTS) is 1. The molecule has 5 heteroatoms. The first-order valence-corrected chi connectivity index (χ1v) is 6.37. The van der Waals surface area contributed by atoms with Gasteiger partial charge in [0.05, 0.1) is 0 Å². The minimum atomic E-state index is -0.817. The molecule has 0 saturated carbocycles. The summed E-state index contributed by atoms with van der Waals surface area (Å²) in [4.78, 5) is 24.1. The Morgan fingerprint density at radius 1 is 1.35 bits per heavy atom. The van der Waals surface area contributed by atoms with Gasteiger partial charge in [0.1, 0.15) is 0 Å². The molecular weight excluding hydrogens is 220 g/mol. The summed E-state index contributed by atoms with van der Waals surface area (Å²) >= 11 is 0. The molecule has 1 aliphatic rings. The van der Waals surface area contributed by atoms with Crippen LogP contribution in [0.1, 0.15) is 45.4 Å². The average molecular weight is 242 g/mol. The van der Waals surface area contributed by atoms with Gasteiger partial charge in [-0.3, -0.25) is 4.79 Å². The minimum absolute atomic E-state index is 0.0511. The van der Waals surface area contributed by atoms with Crippen molar-refractivity contribution < 1.29 is 14.7 Å². The van der Waals surface area contributed by atoms with Gasteiger partial charge in [0.25, 0.3) is 0 Å². The molecule has 0 spiro atoms. The standard InChI is InChI=1S/C12H22N2O3/c1-10-6-3-2-4-9-14(10)12(17)13-8-5-7-11(15)16/h10H,2-9H2,1H3,(H,13,17)(H,15,16). The molecule has 0 radical (unpaired) electrons. The molecule has 0 bridgehead atoms. The zero-order chi connectivity index (χ0) is 12.7. The molecule has 1 saturated heterocycles. The third-order valence-corrected chi connectivity index (χ3v) is 3.16.